The number of aryl methyl sites for hydroxylation is 2. The summed E-state index contributed by atoms with van der Waals surface area (Å²) in [6.07, 6.45) is -1.17. The van der Waals surface area contributed by atoms with E-state index in [-0.39, 0.29) is 22.0 Å². The minimum Gasteiger partial charge on any atom is -0.348 e. The van der Waals surface area contributed by atoms with Crippen LogP contribution >= 0.6 is 0 Å². The number of carbonyl (C=O) groups excluding carboxylic acids is 1. The summed E-state index contributed by atoms with van der Waals surface area (Å²) in [6, 6.07) is 28.4. The number of hydrogen-bond acceptors (Lipinski definition) is 6. The van der Waals surface area contributed by atoms with Gasteiger partial charge in [0.1, 0.15) is 11.4 Å². The lowest BCUT2D eigenvalue weighted by Gasteiger charge is -2.59. The summed E-state index contributed by atoms with van der Waals surface area (Å²) in [7, 11) is -8.40. The summed E-state index contributed by atoms with van der Waals surface area (Å²) in [4.78, 5) is 14.4. The van der Waals surface area contributed by atoms with E-state index in [2.05, 4.69) is 0 Å². The number of carbonyl (C=O) groups is 1. The average Bonchev–Trinajstić information content (AvgIpc) is 3.38. The van der Waals surface area contributed by atoms with Gasteiger partial charge in [-0.25, -0.2) is 16.8 Å². The van der Waals surface area contributed by atoms with Gasteiger partial charge in [-0.2, -0.15) is 8.61 Å². The standard InChI is InChI=1S/C35H34N2O6S2/c1-23-14-18-27(19-15-23)44(39,40)36-30-22-29(38)31(32(36)25-10-6-4-7-11-25)33-35(30,3)43-34(26-12-8-5-9-13-26)37(33)45(41,42)28-20-16-24(2)17-21-28/h4-21,30-34H,22H2,1-3H3/t30-,31-,32-,33-,34-,35+/m1/s1. The van der Waals surface area contributed by atoms with Gasteiger partial charge in [-0.1, -0.05) is 96.1 Å². The Balaban J connectivity index is 1.47. The number of ketones is 1. The molecule has 3 aliphatic heterocycles. The maximum Gasteiger partial charge on any atom is 0.245 e. The molecule has 0 amide bonds. The Kier molecular flexibility index (Phi) is 7.14. The Morgan fingerprint density at radius 2 is 1.13 bits per heavy atom. The Labute approximate surface area is 264 Å². The second-order valence-electron chi connectivity index (χ2n) is 12.4. The summed E-state index contributed by atoms with van der Waals surface area (Å²) in [5.41, 5.74) is 1.69. The molecule has 0 N–H and O–H groups in total. The first-order chi connectivity index (χ1) is 21.4. The zero-order valence-electron chi connectivity index (χ0n) is 25.1. The van der Waals surface area contributed by atoms with Crippen LogP contribution in [0.3, 0.4) is 0 Å². The average molecular weight is 643 g/mol. The molecule has 0 unspecified atom stereocenters. The third kappa shape index (κ3) is 4.61. The van der Waals surface area contributed by atoms with Gasteiger partial charge in [0.2, 0.25) is 20.0 Å². The molecule has 4 aromatic carbocycles. The van der Waals surface area contributed by atoms with Crippen LogP contribution in [0.2, 0.25) is 0 Å². The Hall–Kier alpha value is -3.67. The lowest BCUT2D eigenvalue weighted by atomic mass is 9.63. The van der Waals surface area contributed by atoms with Crippen LogP contribution in [-0.4, -0.2) is 48.9 Å². The maximum atomic E-state index is 14.7. The predicted octanol–water partition coefficient (Wildman–Crippen LogP) is 5.55. The van der Waals surface area contributed by atoms with E-state index in [1.807, 2.05) is 26.0 Å². The van der Waals surface area contributed by atoms with Crippen LogP contribution in [0.25, 0.3) is 0 Å². The van der Waals surface area contributed by atoms with E-state index >= 15 is 0 Å². The van der Waals surface area contributed by atoms with Gasteiger partial charge in [0.05, 0.1) is 33.8 Å². The fourth-order valence-corrected chi connectivity index (χ4v) is 11.1. The minimum atomic E-state index is -4.23. The third-order valence-electron chi connectivity index (χ3n) is 9.57. The number of Topliss-reactive ketones (excluding diaryl/α,β-unsaturated/α-hetero) is 1. The van der Waals surface area contributed by atoms with E-state index in [0.29, 0.717) is 11.1 Å². The molecule has 0 aromatic heterocycles. The van der Waals surface area contributed by atoms with E-state index in [0.717, 1.165) is 11.1 Å². The predicted molar refractivity (Wildman–Crippen MR) is 169 cm³/mol. The molecule has 45 heavy (non-hydrogen) atoms. The summed E-state index contributed by atoms with van der Waals surface area (Å²) in [6.45, 7) is 5.53. The van der Waals surface area contributed by atoms with E-state index in [1.165, 1.54) is 8.61 Å². The normalized spacial score (nSPS) is 28.7. The van der Waals surface area contributed by atoms with Crippen molar-refractivity contribution in [2.45, 2.75) is 66.9 Å². The monoisotopic (exact) mass is 642 g/mol. The van der Waals surface area contributed by atoms with Crippen molar-refractivity contribution in [2.75, 3.05) is 0 Å². The van der Waals surface area contributed by atoms with Crippen molar-refractivity contribution in [3.8, 4) is 0 Å². The first kappa shape index (κ1) is 30.0. The van der Waals surface area contributed by atoms with Crippen molar-refractivity contribution < 1.29 is 26.4 Å². The van der Waals surface area contributed by atoms with Crippen molar-refractivity contribution in [2.24, 2.45) is 5.92 Å². The molecule has 0 radical (unpaired) electrons. The van der Waals surface area contributed by atoms with Crippen LogP contribution in [0.4, 0.5) is 0 Å². The number of piperidine rings is 2. The first-order valence-corrected chi connectivity index (χ1v) is 17.8. The number of rotatable bonds is 6. The Morgan fingerprint density at radius 3 is 1.64 bits per heavy atom. The summed E-state index contributed by atoms with van der Waals surface area (Å²) < 4.78 is 68.2. The number of fused-ring (bicyclic) bond motifs is 2. The molecule has 4 fully saturated rings. The van der Waals surface area contributed by atoms with Gasteiger partial charge < -0.3 is 4.74 Å². The molecule has 8 nitrogen and oxygen atoms in total. The summed E-state index contributed by atoms with van der Waals surface area (Å²) in [5.74, 6) is -1.22. The topological polar surface area (TPSA) is 101 Å². The number of ether oxygens (including phenoxy) is 1. The zero-order chi connectivity index (χ0) is 31.7. The van der Waals surface area contributed by atoms with Crippen LogP contribution < -0.4 is 0 Å². The van der Waals surface area contributed by atoms with Crippen LogP contribution in [-0.2, 0) is 29.6 Å². The van der Waals surface area contributed by atoms with Crippen LogP contribution in [0.5, 0.6) is 0 Å². The largest absolute Gasteiger partial charge is 0.348 e. The lowest BCUT2D eigenvalue weighted by Crippen LogP contribution is -2.74. The molecule has 6 atom stereocenters. The molecular formula is C35H34N2O6S2. The molecule has 1 aliphatic carbocycles. The summed E-state index contributed by atoms with van der Waals surface area (Å²) >= 11 is 0. The molecule has 1 saturated carbocycles. The Morgan fingerprint density at radius 1 is 0.667 bits per heavy atom. The van der Waals surface area contributed by atoms with E-state index in [4.69, 9.17) is 4.74 Å². The van der Waals surface area contributed by atoms with Crippen molar-refractivity contribution in [1.29, 1.82) is 0 Å². The second kappa shape index (κ2) is 10.7. The molecule has 4 aromatic rings. The fourth-order valence-electron chi connectivity index (χ4n) is 7.39. The van der Waals surface area contributed by atoms with Crippen LogP contribution in [0, 0.1) is 19.8 Å². The number of hydrogen-bond donors (Lipinski definition) is 0. The first-order valence-electron chi connectivity index (χ1n) is 15.0. The van der Waals surface area contributed by atoms with Crippen molar-refractivity contribution >= 4 is 25.8 Å². The zero-order valence-corrected chi connectivity index (χ0v) is 26.8. The fraction of sp³-hybridized carbons (Fsp3) is 0.286. The molecule has 0 spiro atoms. The molecular weight excluding hydrogens is 609 g/mol. The quantitative estimate of drug-likeness (QED) is 0.273. The highest BCUT2D eigenvalue weighted by molar-refractivity contribution is 7.89. The minimum absolute atomic E-state index is 0.0798. The van der Waals surface area contributed by atoms with Crippen LogP contribution in [0.1, 0.15) is 47.9 Å². The molecule has 3 saturated heterocycles. The number of nitrogens with zero attached hydrogens (tertiary/aromatic N) is 2. The highest BCUT2D eigenvalue weighted by Crippen LogP contribution is 2.61. The van der Waals surface area contributed by atoms with Crippen LogP contribution in [0.15, 0.2) is 119 Å². The summed E-state index contributed by atoms with van der Waals surface area (Å²) in [5, 5.41) is 0. The highest BCUT2D eigenvalue weighted by Gasteiger charge is 2.73. The SMILES string of the molecule is Cc1ccc(S(=O)(=O)N2[C@H](c3ccccc3)[C@H]3C(=O)C[C@@H]2[C@]2(C)O[C@H](c4ccccc4)N(S(=O)(=O)c4ccc(C)cc4)[C@H]32)cc1. The van der Waals surface area contributed by atoms with Gasteiger partial charge in [-0.3, -0.25) is 4.79 Å². The van der Waals surface area contributed by atoms with Gasteiger partial charge in [0.15, 0.2) is 6.23 Å². The molecule has 232 valence electrons. The van der Waals surface area contributed by atoms with Gasteiger partial charge in [-0.05, 0) is 56.2 Å². The van der Waals surface area contributed by atoms with Gasteiger partial charge in [0.25, 0.3) is 0 Å². The molecule has 2 bridgehead atoms. The van der Waals surface area contributed by atoms with Crippen molar-refractivity contribution in [3.05, 3.63) is 131 Å². The van der Waals surface area contributed by atoms with E-state index in [9.17, 15) is 21.6 Å². The van der Waals surface area contributed by atoms with Gasteiger partial charge >= 0.3 is 0 Å². The van der Waals surface area contributed by atoms with Crippen molar-refractivity contribution in [3.63, 3.8) is 0 Å². The molecule has 3 heterocycles. The molecule has 8 rings (SSSR count). The highest BCUT2D eigenvalue weighted by atomic mass is 32.2. The third-order valence-corrected chi connectivity index (χ3v) is 13.3. The van der Waals surface area contributed by atoms with Crippen molar-refractivity contribution in [1.82, 2.24) is 8.61 Å². The number of benzene rings is 4. The smallest absolute Gasteiger partial charge is 0.245 e. The maximum absolute atomic E-state index is 14.7. The molecule has 4 aliphatic rings. The van der Waals surface area contributed by atoms with Gasteiger partial charge in [0, 0.05) is 6.42 Å². The van der Waals surface area contributed by atoms with Gasteiger partial charge in [-0.15, -0.1) is 0 Å². The Bertz CT molecular complexity index is 1970. The lowest BCUT2D eigenvalue weighted by molar-refractivity contribution is -0.163. The van der Waals surface area contributed by atoms with E-state index < -0.39 is 55.9 Å². The number of sulfonamides is 2. The van der Waals surface area contributed by atoms with E-state index in [1.54, 1.807) is 104 Å². The second-order valence-corrected chi connectivity index (χ2v) is 16.1. The molecule has 10 heteroatoms.